The number of methoxy groups -OCH3 is 1. The Hall–Kier alpha value is -4.48. The molecule has 0 fully saturated rings. The molecule has 0 radical (unpaired) electrons. The Kier molecular flexibility index (Phi) is 8.85. The fourth-order valence-corrected chi connectivity index (χ4v) is 5.15. The van der Waals surface area contributed by atoms with Crippen LogP contribution < -0.4 is 20.7 Å². The van der Waals surface area contributed by atoms with Crippen molar-refractivity contribution in [3.63, 3.8) is 0 Å². The smallest absolute Gasteiger partial charge is 0.254 e. The molecule has 38 heavy (non-hydrogen) atoms. The fraction of sp³-hybridized carbons (Fsp3) is 0.167. The van der Waals surface area contributed by atoms with Gasteiger partial charge in [-0.2, -0.15) is 5.26 Å². The van der Waals surface area contributed by atoms with Gasteiger partial charge in [0.25, 0.3) is 5.91 Å². The number of carbonyl (C=O) groups is 2. The molecule has 1 heterocycles. The molecule has 8 heteroatoms. The van der Waals surface area contributed by atoms with E-state index >= 15 is 0 Å². The SMILES string of the molecule is COc1ccccc1NC(=O)C1=C(C)NC(SCC(=O)NCc2ccccc2)=C(C#N)C1c1ccccc1. The molecule has 0 saturated carbocycles. The van der Waals surface area contributed by atoms with Crippen LogP contribution in [0.15, 0.2) is 107 Å². The Labute approximate surface area is 226 Å². The van der Waals surface area contributed by atoms with E-state index in [0.717, 1.165) is 11.1 Å². The van der Waals surface area contributed by atoms with E-state index in [1.165, 1.54) is 11.8 Å². The van der Waals surface area contributed by atoms with Gasteiger partial charge < -0.3 is 20.7 Å². The minimum Gasteiger partial charge on any atom is -0.495 e. The van der Waals surface area contributed by atoms with Gasteiger partial charge in [0.15, 0.2) is 0 Å². The van der Waals surface area contributed by atoms with Crippen LogP contribution in [-0.4, -0.2) is 24.7 Å². The molecule has 4 rings (SSSR count). The third-order valence-corrected chi connectivity index (χ3v) is 7.08. The highest BCUT2D eigenvalue weighted by Gasteiger charge is 2.35. The van der Waals surface area contributed by atoms with Crippen LogP contribution in [0.2, 0.25) is 0 Å². The molecule has 2 amide bonds. The first kappa shape index (κ1) is 26.6. The van der Waals surface area contributed by atoms with Gasteiger partial charge in [-0.25, -0.2) is 0 Å². The van der Waals surface area contributed by atoms with E-state index in [-0.39, 0.29) is 17.6 Å². The van der Waals surface area contributed by atoms with E-state index in [0.29, 0.717) is 39.9 Å². The maximum atomic E-state index is 13.6. The topological polar surface area (TPSA) is 103 Å². The molecule has 0 spiro atoms. The second-order valence-corrected chi connectivity index (χ2v) is 9.55. The van der Waals surface area contributed by atoms with Crippen molar-refractivity contribution in [1.29, 1.82) is 5.26 Å². The standard InChI is InChI=1S/C30H28N4O3S/c1-20-27(29(36)34-24-15-9-10-16-25(24)37-2)28(22-13-7-4-8-14-22)23(17-31)30(33-20)38-19-26(35)32-18-21-11-5-3-6-12-21/h3-16,28,33H,18-19H2,1-2H3,(H,32,35)(H,34,36). The maximum Gasteiger partial charge on any atom is 0.254 e. The van der Waals surface area contributed by atoms with Crippen molar-refractivity contribution < 1.29 is 14.3 Å². The first-order valence-electron chi connectivity index (χ1n) is 12.1. The molecular weight excluding hydrogens is 496 g/mol. The number of hydrogen-bond donors (Lipinski definition) is 3. The van der Waals surface area contributed by atoms with Crippen molar-refractivity contribution >= 4 is 29.3 Å². The second kappa shape index (κ2) is 12.7. The van der Waals surface area contributed by atoms with Gasteiger partial charge in [0, 0.05) is 17.8 Å². The van der Waals surface area contributed by atoms with Gasteiger partial charge in [0.05, 0.1) is 41.1 Å². The summed E-state index contributed by atoms with van der Waals surface area (Å²) in [5.41, 5.74) is 3.76. The summed E-state index contributed by atoms with van der Waals surface area (Å²) in [5.74, 6) is -0.438. The zero-order valence-corrected chi connectivity index (χ0v) is 22.0. The molecule has 0 saturated heterocycles. The highest BCUT2D eigenvalue weighted by molar-refractivity contribution is 8.03. The minimum absolute atomic E-state index is 0.123. The number of thioether (sulfide) groups is 1. The summed E-state index contributed by atoms with van der Waals surface area (Å²) >= 11 is 1.25. The first-order valence-corrected chi connectivity index (χ1v) is 13.0. The molecule has 0 bridgehead atoms. The summed E-state index contributed by atoms with van der Waals surface area (Å²) in [5, 5.41) is 19.9. The third-order valence-electron chi connectivity index (χ3n) is 6.06. The molecule has 0 aliphatic carbocycles. The highest BCUT2D eigenvalue weighted by Crippen LogP contribution is 2.41. The van der Waals surface area contributed by atoms with Gasteiger partial charge in [-0.3, -0.25) is 9.59 Å². The van der Waals surface area contributed by atoms with E-state index in [4.69, 9.17) is 4.74 Å². The van der Waals surface area contributed by atoms with Crippen LogP contribution in [0.25, 0.3) is 0 Å². The number of nitrogens with zero attached hydrogens (tertiary/aromatic N) is 1. The van der Waals surface area contributed by atoms with Crippen LogP contribution >= 0.6 is 11.8 Å². The van der Waals surface area contributed by atoms with Gasteiger partial charge in [-0.05, 0) is 30.2 Å². The van der Waals surface area contributed by atoms with Crippen LogP contribution in [0.5, 0.6) is 5.75 Å². The molecule has 7 nitrogen and oxygen atoms in total. The minimum atomic E-state index is -0.605. The lowest BCUT2D eigenvalue weighted by atomic mass is 9.82. The van der Waals surface area contributed by atoms with E-state index < -0.39 is 5.92 Å². The molecule has 3 aromatic rings. The zero-order valence-electron chi connectivity index (χ0n) is 21.2. The number of benzene rings is 3. The van der Waals surface area contributed by atoms with Crippen LogP contribution in [0.1, 0.15) is 24.0 Å². The summed E-state index contributed by atoms with van der Waals surface area (Å²) in [6.45, 7) is 2.23. The van der Waals surface area contributed by atoms with Crippen LogP contribution in [-0.2, 0) is 16.1 Å². The molecule has 1 aliphatic rings. The van der Waals surface area contributed by atoms with Gasteiger partial charge >= 0.3 is 0 Å². The Morgan fingerprint density at radius 1 is 1.00 bits per heavy atom. The lowest BCUT2D eigenvalue weighted by Gasteiger charge is -2.30. The number of carbonyl (C=O) groups excluding carboxylic acids is 2. The monoisotopic (exact) mass is 524 g/mol. The number of amides is 2. The Morgan fingerprint density at radius 3 is 2.34 bits per heavy atom. The molecule has 192 valence electrons. The predicted molar refractivity (Wildman–Crippen MR) is 150 cm³/mol. The van der Waals surface area contributed by atoms with Crippen molar-refractivity contribution in [3.05, 3.63) is 118 Å². The van der Waals surface area contributed by atoms with Crippen molar-refractivity contribution in [1.82, 2.24) is 10.6 Å². The molecule has 1 atom stereocenters. The quantitative estimate of drug-likeness (QED) is 0.361. The summed E-state index contributed by atoms with van der Waals surface area (Å²) in [7, 11) is 1.54. The van der Waals surface area contributed by atoms with Gasteiger partial charge in [0.2, 0.25) is 5.91 Å². The predicted octanol–water partition coefficient (Wildman–Crippen LogP) is 5.08. The van der Waals surface area contributed by atoms with Crippen molar-refractivity contribution in [2.45, 2.75) is 19.4 Å². The third kappa shape index (κ3) is 6.25. The molecular formula is C30H28N4O3S. The van der Waals surface area contributed by atoms with Gasteiger partial charge in [0.1, 0.15) is 5.75 Å². The van der Waals surface area contributed by atoms with Crippen molar-refractivity contribution in [2.24, 2.45) is 0 Å². The number of hydrogen-bond acceptors (Lipinski definition) is 6. The van der Waals surface area contributed by atoms with Gasteiger partial charge in [-0.15, -0.1) is 0 Å². The number of dihydropyridines is 1. The van der Waals surface area contributed by atoms with E-state index in [1.807, 2.05) is 72.8 Å². The average Bonchev–Trinajstić information content (AvgIpc) is 2.95. The number of ether oxygens (including phenoxy) is 1. The molecule has 3 N–H and O–H groups in total. The lowest BCUT2D eigenvalue weighted by Crippen LogP contribution is -2.31. The van der Waals surface area contributed by atoms with E-state index in [9.17, 15) is 14.9 Å². The lowest BCUT2D eigenvalue weighted by molar-refractivity contribution is -0.118. The van der Waals surface area contributed by atoms with Crippen LogP contribution in [0.3, 0.4) is 0 Å². The second-order valence-electron chi connectivity index (χ2n) is 8.57. The summed E-state index contributed by atoms with van der Waals surface area (Å²) in [6.07, 6.45) is 0. The van der Waals surface area contributed by atoms with E-state index in [2.05, 4.69) is 22.0 Å². The summed E-state index contributed by atoms with van der Waals surface area (Å²) in [4.78, 5) is 26.2. The fourth-order valence-electron chi connectivity index (χ4n) is 4.23. The number of anilines is 1. The van der Waals surface area contributed by atoms with Crippen molar-refractivity contribution in [2.75, 3.05) is 18.2 Å². The Morgan fingerprint density at radius 2 is 1.66 bits per heavy atom. The highest BCUT2D eigenvalue weighted by atomic mass is 32.2. The summed E-state index contributed by atoms with van der Waals surface area (Å²) < 4.78 is 5.38. The first-order chi connectivity index (χ1) is 18.5. The number of rotatable bonds is 9. The maximum absolute atomic E-state index is 13.6. The molecule has 0 aromatic heterocycles. The Bertz CT molecular complexity index is 1410. The van der Waals surface area contributed by atoms with Gasteiger partial charge in [-0.1, -0.05) is 84.6 Å². The normalized spacial score (nSPS) is 14.8. The number of para-hydroxylation sites is 2. The number of nitrogens with one attached hydrogen (secondary N) is 3. The molecule has 3 aromatic carbocycles. The number of allylic oxidation sites excluding steroid dienone is 2. The molecule has 1 aliphatic heterocycles. The Balaban J connectivity index is 1.58. The molecule has 1 unspecified atom stereocenters. The van der Waals surface area contributed by atoms with Crippen LogP contribution in [0, 0.1) is 11.3 Å². The largest absolute Gasteiger partial charge is 0.495 e. The average molecular weight is 525 g/mol. The number of nitriles is 1. The van der Waals surface area contributed by atoms with Crippen LogP contribution in [0.4, 0.5) is 5.69 Å². The summed E-state index contributed by atoms with van der Waals surface area (Å²) in [6, 6.07) is 28.6. The zero-order chi connectivity index (χ0) is 26.9. The van der Waals surface area contributed by atoms with E-state index in [1.54, 1.807) is 26.2 Å². The van der Waals surface area contributed by atoms with Crippen molar-refractivity contribution in [3.8, 4) is 11.8 Å².